The zero-order valence-corrected chi connectivity index (χ0v) is 10.8. The maximum atomic E-state index is 9.52. The third-order valence-electron chi connectivity index (χ3n) is 3.71. The van der Waals surface area contributed by atoms with Gasteiger partial charge in [0.05, 0.1) is 13.2 Å². The number of nitrogens with one attached hydrogen (secondary N) is 1. The number of nitrogens with zero attached hydrogens (tertiary/aromatic N) is 1. The Balaban J connectivity index is 2.43. The zero-order chi connectivity index (χ0) is 12.0. The third kappa shape index (κ3) is 3.42. The molecule has 96 valence electrons. The molecular weight excluding hydrogens is 204 g/mol. The minimum absolute atomic E-state index is 0.0409. The molecule has 0 spiro atoms. The molecule has 1 rings (SSSR count). The number of aliphatic hydroxyl groups is 1. The Labute approximate surface area is 99.0 Å². The fraction of sp³-hybridized carbons (Fsp3) is 1.00. The molecule has 0 bridgehead atoms. The second-order valence-electron chi connectivity index (χ2n) is 4.84. The van der Waals surface area contributed by atoms with Crippen LogP contribution in [0.4, 0.5) is 0 Å². The maximum absolute atomic E-state index is 9.52. The lowest BCUT2D eigenvalue weighted by Gasteiger charge is -2.30. The summed E-state index contributed by atoms with van der Waals surface area (Å²) in [4.78, 5) is 2.35. The van der Waals surface area contributed by atoms with E-state index >= 15 is 0 Å². The molecule has 16 heavy (non-hydrogen) atoms. The smallest absolute Gasteiger partial charge is 0.0613 e. The number of rotatable bonds is 7. The van der Waals surface area contributed by atoms with Crippen molar-refractivity contribution < 1.29 is 9.84 Å². The molecule has 4 nitrogen and oxygen atoms in total. The predicted molar refractivity (Wildman–Crippen MR) is 65.6 cm³/mol. The molecule has 0 aliphatic heterocycles. The average molecular weight is 230 g/mol. The van der Waals surface area contributed by atoms with Crippen LogP contribution in [0.2, 0.25) is 0 Å². The molecule has 2 N–H and O–H groups in total. The number of ether oxygens (including phenoxy) is 1. The molecule has 1 saturated carbocycles. The number of methoxy groups -OCH3 is 1. The first kappa shape index (κ1) is 13.9. The summed E-state index contributed by atoms with van der Waals surface area (Å²) in [6, 6.07) is 0.571. The van der Waals surface area contributed by atoms with Crippen LogP contribution in [0.15, 0.2) is 0 Å². The molecule has 0 saturated heterocycles. The van der Waals surface area contributed by atoms with Gasteiger partial charge in [-0.2, -0.15) is 0 Å². The van der Waals surface area contributed by atoms with E-state index < -0.39 is 0 Å². The standard InChI is InChI=1S/C12H26N2O2/c1-4-13-12(10-15)6-5-11(9-12)14(2)7-8-16-3/h11,13,15H,4-10H2,1-3H3. The van der Waals surface area contributed by atoms with Crippen molar-refractivity contribution >= 4 is 0 Å². The first-order valence-corrected chi connectivity index (χ1v) is 6.22. The van der Waals surface area contributed by atoms with Crippen molar-refractivity contribution in [3.05, 3.63) is 0 Å². The van der Waals surface area contributed by atoms with Gasteiger partial charge in [0.15, 0.2) is 0 Å². The molecule has 1 aliphatic carbocycles. The number of hydrogen-bond donors (Lipinski definition) is 2. The van der Waals surface area contributed by atoms with Crippen LogP contribution in [0.25, 0.3) is 0 Å². The molecule has 0 heterocycles. The van der Waals surface area contributed by atoms with Crippen LogP contribution in [0.1, 0.15) is 26.2 Å². The topological polar surface area (TPSA) is 44.7 Å². The highest BCUT2D eigenvalue weighted by atomic mass is 16.5. The molecular formula is C12H26N2O2. The van der Waals surface area contributed by atoms with Crippen molar-refractivity contribution in [3.8, 4) is 0 Å². The molecule has 0 aromatic rings. The summed E-state index contributed by atoms with van der Waals surface area (Å²) in [7, 11) is 3.88. The van der Waals surface area contributed by atoms with Crippen molar-refractivity contribution in [2.24, 2.45) is 0 Å². The highest BCUT2D eigenvalue weighted by Gasteiger charge is 2.39. The fourth-order valence-corrected chi connectivity index (χ4v) is 2.63. The van der Waals surface area contributed by atoms with Gasteiger partial charge in [0.1, 0.15) is 0 Å². The zero-order valence-electron chi connectivity index (χ0n) is 10.8. The van der Waals surface area contributed by atoms with Gasteiger partial charge in [0.25, 0.3) is 0 Å². The Hall–Kier alpha value is -0.160. The second kappa shape index (κ2) is 6.55. The van der Waals surface area contributed by atoms with Crippen LogP contribution in [0.5, 0.6) is 0 Å². The van der Waals surface area contributed by atoms with Crippen molar-refractivity contribution in [3.63, 3.8) is 0 Å². The van der Waals surface area contributed by atoms with Crippen LogP contribution < -0.4 is 5.32 Å². The molecule has 2 unspecified atom stereocenters. The van der Waals surface area contributed by atoms with E-state index in [2.05, 4.69) is 24.2 Å². The molecule has 2 atom stereocenters. The molecule has 0 amide bonds. The number of hydrogen-bond acceptors (Lipinski definition) is 4. The SMILES string of the molecule is CCNC1(CO)CCC(N(C)CCOC)C1. The van der Waals surface area contributed by atoms with Crippen molar-refractivity contribution in [2.45, 2.75) is 37.8 Å². The summed E-state index contributed by atoms with van der Waals surface area (Å²) in [6.45, 7) is 5.01. The fourth-order valence-electron chi connectivity index (χ4n) is 2.63. The van der Waals surface area contributed by atoms with Crippen LogP contribution in [0, 0.1) is 0 Å². The van der Waals surface area contributed by atoms with Crippen LogP contribution >= 0.6 is 0 Å². The minimum atomic E-state index is -0.0409. The molecule has 0 aromatic carbocycles. The van der Waals surface area contributed by atoms with E-state index in [9.17, 15) is 5.11 Å². The van der Waals surface area contributed by atoms with Gasteiger partial charge in [-0.15, -0.1) is 0 Å². The molecule has 1 aliphatic rings. The minimum Gasteiger partial charge on any atom is -0.394 e. The van der Waals surface area contributed by atoms with Crippen LogP contribution in [-0.4, -0.2) is 62.0 Å². The molecule has 4 heteroatoms. The van der Waals surface area contributed by atoms with Gasteiger partial charge in [-0.25, -0.2) is 0 Å². The normalized spacial score (nSPS) is 30.2. The summed E-state index contributed by atoms with van der Waals surface area (Å²) >= 11 is 0. The monoisotopic (exact) mass is 230 g/mol. The molecule has 0 aromatic heterocycles. The van der Waals surface area contributed by atoms with Crippen molar-refractivity contribution in [1.29, 1.82) is 0 Å². The van der Waals surface area contributed by atoms with E-state index in [1.807, 2.05) is 0 Å². The summed E-state index contributed by atoms with van der Waals surface area (Å²) in [6.07, 6.45) is 3.27. The Morgan fingerprint density at radius 3 is 2.88 bits per heavy atom. The Morgan fingerprint density at radius 2 is 2.31 bits per heavy atom. The maximum Gasteiger partial charge on any atom is 0.0613 e. The van der Waals surface area contributed by atoms with Crippen molar-refractivity contribution in [1.82, 2.24) is 10.2 Å². The van der Waals surface area contributed by atoms with Gasteiger partial charge in [-0.3, -0.25) is 0 Å². The van der Waals surface area contributed by atoms with E-state index in [1.54, 1.807) is 7.11 Å². The van der Waals surface area contributed by atoms with Gasteiger partial charge >= 0.3 is 0 Å². The summed E-state index contributed by atoms with van der Waals surface area (Å²) in [5, 5.41) is 13.0. The lowest BCUT2D eigenvalue weighted by Crippen LogP contribution is -2.47. The van der Waals surface area contributed by atoms with E-state index in [1.165, 1.54) is 0 Å². The highest BCUT2D eigenvalue weighted by molar-refractivity contribution is 4.98. The Morgan fingerprint density at radius 1 is 1.56 bits per heavy atom. The number of aliphatic hydroxyl groups excluding tert-OH is 1. The first-order chi connectivity index (χ1) is 7.67. The summed E-state index contributed by atoms with van der Waals surface area (Å²) in [5.74, 6) is 0. The van der Waals surface area contributed by atoms with Crippen molar-refractivity contribution in [2.75, 3.05) is 40.5 Å². The molecule has 0 radical (unpaired) electrons. The lowest BCUT2D eigenvalue weighted by molar-refractivity contribution is 0.125. The lowest BCUT2D eigenvalue weighted by atomic mass is 9.98. The highest BCUT2D eigenvalue weighted by Crippen LogP contribution is 2.32. The Kier molecular flexibility index (Phi) is 5.69. The van der Waals surface area contributed by atoms with Gasteiger partial charge in [0, 0.05) is 25.2 Å². The first-order valence-electron chi connectivity index (χ1n) is 6.22. The second-order valence-corrected chi connectivity index (χ2v) is 4.84. The van der Waals surface area contributed by atoms with Gasteiger partial charge in [-0.1, -0.05) is 6.92 Å². The van der Waals surface area contributed by atoms with E-state index in [0.717, 1.165) is 39.0 Å². The average Bonchev–Trinajstić information content (AvgIpc) is 2.71. The van der Waals surface area contributed by atoms with E-state index in [-0.39, 0.29) is 12.1 Å². The predicted octanol–water partition coefficient (Wildman–Crippen LogP) is 0.458. The van der Waals surface area contributed by atoms with Gasteiger partial charge < -0.3 is 20.1 Å². The Bertz CT molecular complexity index is 201. The van der Waals surface area contributed by atoms with Crippen LogP contribution in [0.3, 0.4) is 0 Å². The molecule has 1 fully saturated rings. The van der Waals surface area contributed by atoms with E-state index in [4.69, 9.17) is 4.74 Å². The van der Waals surface area contributed by atoms with Crippen LogP contribution in [-0.2, 0) is 4.74 Å². The van der Waals surface area contributed by atoms with Gasteiger partial charge in [0.2, 0.25) is 0 Å². The number of likely N-dealkylation sites (N-methyl/N-ethyl adjacent to an activating group) is 2. The summed E-state index contributed by atoms with van der Waals surface area (Å²) < 4.78 is 5.09. The summed E-state index contributed by atoms with van der Waals surface area (Å²) in [5.41, 5.74) is -0.0409. The quantitative estimate of drug-likeness (QED) is 0.667. The van der Waals surface area contributed by atoms with Gasteiger partial charge in [-0.05, 0) is 32.9 Å². The van der Waals surface area contributed by atoms with E-state index in [0.29, 0.717) is 6.04 Å². The third-order valence-corrected chi connectivity index (χ3v) is 3.71. The largest absolute Gasteiger partial charge is 0.394 e.